The normalized spacial score (nSPS) is 12.9. The number of amides is 1. The highest BCUT2D eigenvalue weighted by atomic mass is 35.5. The van der Waals surface area contributed by atoms with E-state index in [2.05, 4.69) is 11.4 Å². The highest BCUT2D eigenvalue weighted by molar-refractivity contribution is 7.98. The van der Waals surface area contributed by atoms with Crippen LogP contribution in [0.3, 0.4) is 0 Å². The minimum atomic E-state index is -0.478. The van der Waals surface area contributed by atoms with Crippen molar-refractivity contribution in [2.45, 2.75) is 25.4 Å². The number of hydrogen-bond acceptors (Lipinski definition) is 3. The van der Waals surface area contributed by atoms with E-state index in [0.29, 0.717) is 5.82 Å². The van der Waals surface area contributed by atoms with Gasteiger partial charge in [-0.3, -0.25) is 4.79 Å². The number of aromatic nitrogens is 2. The van der Waals surface area contributed by atoms with Gasteiger partial charge >= 0.3 is 0 Å². The van der Waals surface area contributed by atoms with Gasteiger partial charge in [-0.1, -0.05) is 29.3 Å². The topological polar surface area (TPSA) is 46.9 Å². The van der Waals surface area contributed by atoms with Crippen LogP contribution >= 0.6 is 23.4 Å². The predicted octanol–water partition coefficient (Wildman–Crippen LogP) is 5.28. The van der Waals surface area contributed by atoms with Crippen molar-refractivity contribution >= 4 is 35.1 Å². The van der Waals surface area contributed by atoms with E-state index in [9.17, 15) is 9.18 Å². The van der Waals surface area contributed by atoms with Gasteiger partial charge in [0.15, 0.2) is 0 Å². The van der Waals surface area contributed by atoms with Crippen molar-refractivity contribution in [3.63, 3.8) is 0 Å². The second-order valence-electron chi connectivity index (χ2n) is 6.55. The Hall–Kier alpha value is -2.31. The zero-order valence-electron chi connectivity index (χ0n) is 14.8. The van der Waals surface area contributed by atoms with E-state index in [4.69, 9.17) is 16.7 Å². The molecule has 1 N–H and O–H groups in total. The summed E-state index contributed by atoms with van der Waals surface area (Å²) in [5, 5.41) is 7.75. The lowest BCUT2D eigenvalue weighted by molar-refractivity contribution is 0.102. The van der Waals surface area contributed by atoms with Gasteiger partial charge in [0.1, 0.15) is 11.6 Å². The van der Waals surface area contributed by atoms with Crippen LogP contribution < -0.4 is 5.32 Å². The molecule has 0 saturated heterocycles. The van der Waals surface area contributed by atoms with Crippen LogP contribution in [-0.2, 0) is 11.5 Å². The monoisotopic (exact) mass is 401 g/mol. The second kappa shape index (κ2) is 7.02. The van der Waals surface area contributed by atoms with Gasteiger partial charge in [-0.15, -0.1) is 0 Å². The minimum absolute atomic E-state index is 0.0797. The molecule has 0 spiro atoms. The Bertz CT molecular complexity index is 1060. The van der Waals surface area contributed by atoms with E-state index in [1.54, 1.807) is 16.4 Å². The number of halogens is 2. The SMILES string of the molecule is Cc1ccc(-n2nc3c(c2NC(=O)c2ccc(F)cc2Cl)CSC3)c(C)c1. The molecule has 4 rings (SSSR count). The second-order valence-corrected chi connectivity index (χ2v) is 7.94. The number of rotatable bonds is 3. The predicted molar refractivity (Wildman–Crippen MR) is 107 cm³/mol. The summed E-state index contributed by atoms with van der Waals surface area (Å²) in [7, 11) is 0. The Labute approximate surface area is 165 Å². The molecule has 7 heteroatoms. The van der Waals surface area contributed by atoms with Crippen LogP contribution in [0.15, 0.2) is 36.4 Å². The Morgan fingerprint density at radius 3 is 2.78 bits per heavy atom. The Morgan fingerprint density at radius 2 is 2.04 bits per heavy atom. The fourth-order valence-electron chi connectivity index (χ4n) is 3.21. The maximum Gasteiger partial charge on any atom is 0.258 e. The van der Waals surface area contributed by atoms with Crippen LogP contribution in [0.2, 0.25) is 5.02 Å². The average molecular weight is 402 g/mol. The van der Waals surface area contributed by atoms with E-state index < -0.39 is 5.82 Å². The van der Waals surface area contributed by atoms with Gasteiger partial charge in [-0.2, -0.15) is 16.9 Å². The third-order valence-electron chi connectivity index (χ3n) is 4.54. The highest BCUT2D eigenvalue weighted by Gasteiger charge is 2.26. The van der Waals surface area contributed by atoms with Crippen molar-refractivity contribution < 1.29 is 9.18 Å². The molecule has 1 aromatic heterocycles. The summed E-state index contributed by atoms with van der Waals surface area (Å²) in [5.41, 5.74) is 5.37. The number of aryl methyl sites for hydroxylation is 2. The van der Waals surface area contributed by atoms with Gasteiger partial charge in [0.05, 0.1) is 22.0 Å². The third kappa shape index (κ3) is 3.35. The number of nitrogens with zero attached hydrogens (tertiary/aromatic N) is 2. The Kier molecular flexibility index (Phi) is 4.70. The largest absolute Gasteiger partial charge is 0.306 e. The molecule has 1 aliphatic heterocycles. The number of nitrogens with one attached hydrogen (secondary N) is 1. The molecule has 27 heavy (non-hydrogen) atoms. The summed E-state index contributed by atoms with van der Waals surface area (Å²) in [5.74, 6) is 1.38. The zero-order valence-corrected chi connectivity index (χ0v) is 16.4. The van der Waals surface area contributed by atoms with Crippen molar-refractivity contribution in [1.82, 2.24) is 9.78 Å². The molecule has 0 aliphatic carbocycles. The van der Waals surface area contributed by atoms with Crippen LogP contribution in [0, 0.1) is 19.7 Å². The fraction of sp³-hybridized carbons (Fsp3) is 0.200. The molecule has 2 heterocycles. The van der Waals surface area contributed by atoms with Gasteiger partial charge in [0, 0.05) is 17.1 Å². The molecular formula is C20H17ClFN3OS. The van der Waals surface area contributed by atoms with Crippen LogP contribution in [0.5, 0.6) is 0 Å². The van der Waals surface area contributed by atoms with Crippen LogP contribution in [0.4, 0.5) is 10.2 Å². The van der Waals surface area contributed by atoms with Gasteiger partial charge in [-0.05, 0) is 43.7 Å². The number of thioether (sulfide) groups is 1. The molecule has 0 unspecified atom stereocenters. The number of hydrogen-bond donors (Lipinski definition) is 1. The first-order valence-electron chi connectivity index (χ1n) is 8.46. The quantitative estimate of drug-likeness (QED) is 0.649. The third-order valence-corrected chi connectivity index (χ3v) is 5.82. The lowest BCUT2D eigenvalue weighted by Gasteiger charge is -2.14. The molecule has 2 aromatic carbocycles. The van der Waals surface area contributed by atoms with E-state index in [1.807, 2.05) is 26.0 Å². The molecule has 3 aromatic rings. The first kappa shape index (κ1) is 18.1. The summed E-state index contributed by atoms with van der Waals surface area (Å²) in [6.07, 6.45) is 0. The van der Waals surface area contributed by atoms with Crippen LogP contribution in [-0.4, -0.2) is 15.7 Å². The standard InChI is InChI=1S/C20H17ClFN3OS/c1-11-3-6-18(12(2)7-11)25-19(15-9-27-10-17(15)24-25)23-20(26)14-5-4-13(22)8-16(14)21/h3-8H,9-10H2,1-2H3,(H,23,26). The van der Waals surface area contributed by atoms with E-state index in [1.165, 1.54) is 12.1 Å². The van der Waals surface area contributed by atoms with Crippen molar-refractivity contribution in [3.8, 4) is 5.69 Å². The Morgan fingerprint density at radius 1 is 1.22 bits per heavy atom. The van der Waals surface area contributed by atoms with Gasteiger partial charge in [-0.25, -0.2) is 9.07 Å². The van der Waals surface area contributed by atoms with E-state index >= 15 is 0 Å². The first-order valence-corrected chi connectivity index (χ1v) is 10.00. The number of carbonyl (C=O) groups is 1. The van der Waals surface area contributed by atoms with Crippen LogP contribution in [0.1, 0.15) is 32.7 Å². The summed E-state index contributed by atoms with van der Waals surface area (Å²) >= 11 is 7.81. The molecule has 0 bridgehead atoms. The maximum absolute atomic E-state index is 13.3. The lowest BCUT2D eigenvalue weighted by Crippen LogP contribution is -2.17. The van der Waals surface area contributed by atoms with Gasteiger partial charge in [0.2, 0.25) is 0 Å². The molecule has 0 fully saturated rings. The summed E-state index contributed by atoms with van der Waals surface area (Å²) in [4.78, 5) is 12.8. The van der Waals surface area contributed by atoms with Crippen LogP contribution in [0.25, 0.3) is 5.69 Å². The summed E-state index contributed by atoms with van der Waals surface area (Å²) in [6, 6.07) is 9.85. The zero-order chi connectivity index (χ0) is 19.1. The highest BCUT2D eigenvalue weighted by Crippen LogP contribution is 2.37. The summed E-state index contributed by atoms with van der Waals surface area (Å²) < 4.78 is 15.1. The molecule has 1 aliphatic rings. The smallest absolute Gasteiger partial charge is 0.258 e. The fourth-order valence-corrected chi connectivity index (χ4v) is 4.50. The number of benzene rings is 2. The van der Waals surface area contributed by atoms with Gasteiger partial charge < -0.3 is 5.32 Å². The van der Waals surface area contributed by atoms with Gasteiger partial charge in [0.25, 0.3) is 5.91 Å². The molecule has 0 saturated carbocycles. The van der Waals surface area contributed by atoms with Crippen molar-refractivity contribution in [2.24, 2.45) is 0 Å². The number of carbonyl (C=O) groups excluding carboxylic acids is 1. The molecule has 138 valence electrons. The van der Waals surface area contributed by atoms with E-state index in [-0.39, 0.29) is 16.5 Å². The molecular weight excluding hydrogens is 385 g/mol. The average Bonchev–Trinajstić information content (AvgIpc) is 3.17. The van der Waals surface area contributed by atoms with E-state index in [0.717, 1.165) is 45.6 Å². The molecule has 1 amide bonds. The summed E-state index contributed by atoms with van der Waals surface area (Å²) in [6.45, 7) is 4.06. The Balaban J connectivity index is 1.77. The minimum Gasteiger partial charge on any atom is -0.306 e. The first-order chi connectivity index (χ1) is 12.9. The van der Waals surface area contributed by atoms with Crippen molar-refractivity contribution in [1.29, 1.82) is 0 Å². The van der Waals surface area contributed by atoms with Crippen molar-refractivity contribution in [2.75, 3.05) is 5.32 Å². The molecule has 4 nitrogen and oxygen atoms in total. The number of fused-ring (bicyclic) bond motifs is 1. The molecule has 0 atom stereocenters. The van der Waals surface area contributed by atoms with Crippen molar-refractivity contribution in [3.05, 3.63) is 75.2 Å². The maximum atomic E-state index is 13.3. The number of anilines is 1. The molecule has 0 radical (unpaired) electrons. The lowest BCUT2D eigenvalue weighted by atomic mass is 10.1.